The first-order valence-corrected chi connectivity index (χ1v) is 6.67. The zero-order chi connectivity index (χ0) is 13.3. The maximum absolute atomic E-state index is 13.3. The molecule has 0 amide bonds. The second kappa shape index (κ2) is 5.53. The monoisotopic (exact) mass is 307 g/mol. The van der Waals surface area contributed by atoms with Crippen molar-refractivity contribution in [3.63, 3.8) is 0 Å². The summed E-state index contributed by atoms with van der Waals surface area (Å²) in [7, 11) is 1.72. The summed E-state index contributed by atoms with van der Waals surface area (Å²) in [6.07, 6.45) is 0. The van der Waals surface area contributed by atoms with Gasteiger partial charge in [0.15, 0.2) is 11.6 Å². The van der Waals surface area contributed by atoms with Crippen molar-refractivity contribution in [2.75, 3.05) is 7.05 Å². The van der Waals surface area contributed by atoms with Gasteiger partial charge in [-0.2, -0.15) is 0 Å². The molecule has 0 aliphatic heterocycles. The molecule has 0 bridgehead atoms. The van der Waals surface area contributed by atoms with Crippen molar-refractivity contribution in [2.24, 2.45) is 0 Å². The zero-order valence-electron chi connectivity index (χ0n) is 9.31. The molecule has 1 heterocycles. The van der Waals surface area contributed by atoms with Crippen molar-refractivity contribution in [3.8, 4) is 0 Å². The Morgan fingerprint density at radius 3 is 2.39 bits per heavy atom. The van der Waals surface area contributed by atoms with Crippen molar-refractivity contribution < 1.29 is 8.78 Å². The van der Waals surface area contributed by atoms with Gasteiger partial charge in [0.1, 0.15) is 0 Å². The maximum Gasteiger partial charge on any atom is 0.160 e. The van der Waals surface area contributed by atoms with E-state index < -0.39 is 11.6 Å². The van der Waals surface area contributed by atoms with E-state index in [1.54, 1.807) is 13.1 Å². The Balaban J connectivity index is 2.48. The molecule has 6 heteroatoms. The minimum absolute atomic E-state index is 0.178. The van der Waals surface area contributed by atoms with Crippen molar-refractivity contribution in [2.45, 2.75) is 6.04 Å². The van der Waals surface area contributed by atoms with E-state index in [1.807, 2.05) is 6.07 Å². The summed E-state index contributed by atoms with van der Waals surface area (Å²) in [5.74, 6) is -1.87. The van der Waals surface area contributed by atoms with E-state index in [2.05, 4.69) is 5.32 Å². The van der Waals surface area contributed by atoms with Crippen LogP contribution in [-0.4, -0.2) is 7.05 Å². The van der Waals surface area contributed by atoms with Crippen molar-refractivity contribution in [1.29, 1.82) is 0 Å². The Labute approximate surface area is 117 Å². The van der Waals surface area contributed by atoms with E-state index in [1.165, 1.54) is 11.3 Å². The molecule has 96 valence electrons. The van der Waals surface area contributed by atoms with Gasteiger partial charge in [0, 0.05) is 9.90 Å². The highest BCUT2D eigenvalue weighted by Crippen LogP contribution is 2.34. The highest BCUT2D eigenvalue weighted by molar-refractivity contribution is 7.16. The van der Waals surface area contributed by atoms with Crippen molar-refractivity contribution >= 4 is 34.5 Å². The van der Waals surface area contributed by atoms with Gasteiger partial charge < -0.3 is 5.32 Å². The van der Waals surface area contributed by atoms with Gasteiger partial charge in [0.25, 0.3) is 0 Å². The van der Waals surface area contributed by atoms with E-state index in [0.717, 1.165) is 17.0 Å². The number of nitrogens with one attached hydrogen (secondary N) is 1. The quantitative estimate of drug-likeness (QED) is 0.814. The predicted octanol–water partition coefficient (Wildman–Crippen LogP) is 4.64. The lowest BCUT2D eigenvalue weighted by Gasteiger charge is -2.16. The van der Waals surface area contributed by atoms with E-state index in [-0.39, 0.29) is 11.1 Å². The molecule has 1 N–H and O–H groups in total. The van der Waals surface area contributed by atoms with Gasteiger partial charge in [0.05, 0.1) is 10.4 Å². The van der Waals surface area contributed by atoms with Gasteiger partial charge in [-0.3, -0.25) is 0 Å². The third-order valence-electron chi connectivity index (χ3n) is 2.52. The Bertz CT molecular complexity index is 571. The second-order valence-electron chi connectivity index (χ2n) is 3.65. The van der Waals surface area contributed by atoms with Gasteiger partial charge in [-0.1, -0.05) is 23.2 Å². The minimum atomic E-state index is -0.956. The summed E-state index contributed by atoms with van der Waals surface area (Å²) in [5.41, 5.74) is 0.483. The van der Waals surface area contributed by atoms with Gasteiger partial charge in [-0.05, 0) is 36.9 Å². The van der Waals surface area contributed by atoms with Crippen LogP contribution in [0.1, 0.15) is 16.5 Å². The molecule has 0 saturated carbocycles. The molecule has 1 aromatic heterocycles. The van der Waals surface area contributed by atoms with E-state index >= 15 is 0 Å². The number of halogens is 4. The first-order valence-electron chi connectivity index (χ1n) is 5.10. The standard InChI is InChI=1S/C12H9Cl2F2NS/c1-17-12(10-2-3-11(14)18-10)6-4-8(15)9(16)5-7(6)13/h2-5,12,17H,1H3. The second-order valence-corrected chi connectivity index (χ2v) is 5.81. The van der Waals surface area contributed by atoms with Crippen LogP contribution in [0.3, 0.4) is 0 Å². The average Bonchev–Trinajstić information content (AvgIpc) is 2.73. The molecule has 1 nitrogen and oxygen atoms in total. The third kappa shape index (κ3) is 2.67. The van der Waals surface area contributed by atoms with Crippen LogP contribution in [0.25, 0.3) is 0 Å². The molecule has 0 radical (unpaired) electrons. The number of hydrogen-bond acceptors (Lipinski definition) is 2. The summed E-state index contributed by atoms with van der Waals surface area (Å²) in [4.78, 5) is 0.885. The number of benzene rings is 1. The van der Waals surface area contributed by atoms with E-state index in [0.29, 0.717) is 9.90 Å². The molecule has 0 saturated heterocycles. The normalized spacial score (nSPS) is 12.7. The van der Waals surface area contributed by atoms with Crippen molar-refractivity contribution in [1.82, 2.24) is 5.32 Å². The molecule has 0 aliphatic rings. The molecule has 18 heavy (non-hydrogen) atoms. The van der Waals surface area contributed by atoms with Gasteiger partial charge in [0.2, 0.25) is 0 Å². The first-order chi connectivity index (χ1) is 8.52. The Morgan fingerprint density at radius 1 is 1.17 bits per heavy atom. The van der Waals surface area contributed by atoms with Crippen LogP contribution >= 0.6 is 34.5 Å². The number of thiophene rings is 1. The molecule has 1 unspecified atom stereocenters. The Hall–Kier alpha value is -0.680. The summed E-state index contributed by atoms with van der Waals surface area (Å²) >= 11 is 13.2. The highest BCUT2D eigenvalue weighted by atomic mass is 35.5. The number of hydrogen-bond donors (Lipinski definition) is 1. The lowest BCUT2D eigenvalue weighted by Crippen LogP contribution is -2.17. The fraction of sp³-hybridized carbons (Fsp3) is 0.167. The lowest BCUT2D eigenvalue weighted by atomic mass is 10.1. The number of rotatable bonds is 3. The Kier molecular flexibility index (Phi) is 4.22. The fourth-order valence-corrected chi connectivity index (χ4v) is 3.14. The zero-order valence-corrected chi connectivity index (χ0v) is 11.6. The van der Waals surface area contributed by atoms with Crippen LogP contribution in [-0.2, 0) is 0 Å². The summed E-state index contributed by atoms with van der Waals surface area (Å²) in [5, 5.41) is 3.19. The van der Waals surface area contributed by atoms with Crippen LogP contribution in [0.4, 0.5) is 8.78 Å². The van der Waals surface area contributed by atoms with E-state index in [4.69, 9.17) is 23.2 Å². The highest BCUT2D eigenvalue weighted by Gasteiger charge is 2.19. The minimum Gasteiger partial charge on any atom is -0.309 e. The fourth-order valence-electron chi connectivity index (χ4n) is 1.69. The summed E-state index contributed by atoms with van der Waals surface area (Å²) < 4.78 is 27.0. The molecule has 0 fully saturated rings. The van der Waals surface area contributed by atoms with E-state index in [9.17, 15) is 8.78 Å². The van der Waals surface area contributed by atoms with Crippen LogP contribution in [0, 0.1) is 11.6 Å². The molecular weight excluding hydrogens is 299 g/mol. The largest absolute Gasteiger partial charge is 0.309 e. The smallest absolute Gasteiger partial charge is 0.160 e. The molecule has 1 aromatic carbocycles. The van der Waals surface area contributed by atoms with Gasteiger partial charge in [-0.25, -0.2) is 8.78 Å². The molecule has 2 rings (SSSR count). The van der Waals surface area contributed by atoms with Gasteiger partial charge >= 0.3 is 0 Å². The lowest BCUT2D eigenvalue weighted by molar-refractivity contribution is 0.505. The average molecular weight is 308 g/mol. The Morgan fingerprint density at radius 2 is 1.83 bits per heavy atom. The summed E-state index contributed by atoms with van der Waals surface area (Å²) in [6, 6.07) is 5.34. The molecule has 0 aliphatic carbocycles. The SMILES string of the molecule is CNC(c1ccc(Cl)s1)c1cc(F)c(F)cc1Cl. The third-order valence-corrected chi connectivity index (χ3v) is 4.14. The van der Waals surface area contributed by atoms with Gasteiger partial charge in [-0.15, -0.1) is 11.3 Å². The van der Waals surface area contributed by atoms with Crippen molar-refractivity contribution in [3.05, 3.63) is 55.7 Å². The predicted molar refractivity (Wildman–Crippen MR) is 71.6 cm³/mol. The maximum atomic E-state index is 13.3. The molecule has 0 spiro atoms. The van der Waals surface area contributed by atoms with Crippen LogP contribution in [0.2, 0.25) is 9.36 Å². The summed E-state index contributed by atoms with van der Waals surface area (Å²) in [6.45, 7) is 0. The molecule has 1 atom stereocenters. The molecule has 2 aromatic rings. The first kappa shape index (κ1) is 13.7. The molecular formula is C12H9Cl2F2NS. The van der Waals surface area contributed by atoms with Crippen LogP contribution in [0.5, 0.6) is 0 Å². The van der Waals surface area contributed by atoms with Crippen LogP contribution in [0.15, 0.2) is 24.3 Å². The topological polar surface area (TPSA) is 12.0 Å². The van der Waals surface area contributed by atoms with Crippen LogP contribution < -0.4 is 5.32 Å².